The van der Waals surface area contributed by atoms with E-state index < -0.39 is 0 Å². The molecule has 0 saturated carbocycles. The number of nitrogens with one attached hydrogen (secondary N) is 1. The number of halogens is 1. The van der Waals surface area contributed by atoms with Gasteiger partial charge < -0.3 is 0 Å². The number of hydrogen-bond donors (Lipinski definition) is 1. The van der Waals surface area contributed by atoms with E-state index in [1.165, 1.54) is 17.3 Å². The van der Waals surface area contributed by atoms with E-state index in [2.05, 4.69) is 33.7 Å². The van der Waals surface area contributed by atoms with Crippen LogP contribution in [0.4, 0.5) is 0 Å². The Morgan fingerprint density at radius 2 is 1.85 bits per heavy atom. The lowest BCUT2D eigenvalue weighted by Crippen LogP contribution is -2.20. The van der Waals surface area contributed by atoms with Crippen molar-refractivity contribution in [1.82, 2.24) is 20.2 Å². The number of thioether (sulfide) groups is 1. The molecule has 3 aromatic carbocycles. The summed E-state index contributed by atoms with van der Waals surface area (Å²) in [6, 6.07) is 25.3. The Balaban J connectivity index is 1.48. The minimum Gasteiger partial charge on any atom is -0.272 e. The van der Waals surface area contributed by atoms with Crippen LogP contribution in [0.3, 0.4) is 0 Å². The van der Waals surface area contributed by atoms with Gasteiger partial charge in [0.2, 0.25) is 0 Å². The summed E-state index contributed by atoms with van der Waals surface area (Å²) in [6.45, 7) is 2.10. The third-order valence-electron chi connectivity index (χ3n) is 4.84. The van der Waals surface area contributed by atoms with E-state index in [4.69, 9.17) is 11.6 Å². The van der Waals surface area contributed by atoms with Crippen LogP contribution in [0.15, 0.2) is 89.1 Å². The van der Waals surface area contributed by atoms with Gasteiger partial charge in [0, 0.05) is 16.3 Å². The second-order valence-corrected chi connectivity index (χ2v) is 8.54. The second kappa shape index (κ2) is 10.9. The summed E-state index contributed by atoms with van der Waals surface area (Å²) in [6.07, 6.45) is 2.59. The van der Waals surface area contributed by atoms with Crippen molar-refractivity contribution in [2.75, 3.05) is 5.75 Å². The first-order valence-corrected chi connectivity index (χ1v) is 11.8. The fourth-order valence-corrected chi connectivity index (χ4v) is 4.06. The standard InChI is InChI=1S/C25H22ClN5OS/c1-2-18-7-6-8-19(15-18)16-27-28-23(32)17-33-25-30-29-24(20-11-13-21(26)14-12-20)31(25)22-9-4-3-5-10-22/h3-16H,2,17H2,1H3,(H,28,32). The molecule has 0 atom stereocenters. The number of carbonyl (C=O) groups is 1. The van der Waals surface area contributed by atoms with E-state index in [9.17, 15) is 4.79 Å². The maximum absolute atomic E-state index is 12.4. The van der Waals surface area contributed by atoms with Crippen molar-refractivity contribution in [2.24, 2.45) is 5.10 Å². The maximum atomic E-state index is 12.4. The van der Waals surface area contributed by atoms with Crippen molar-refractivity contribution in [3.8, 4) is 17.1 Å². The molecule has 6 nitrogen and oxygen atoms in total. The van der Waals surface area contributed by atoms with E-state index in [0.717, 1.165) is 23.2 Å². The van der Waals surface area contributed by atoms with Crippen LogP contribution < -0.4 is 5.43 Å². The highest BCUT2D eigenvalue weighted by atomic mass is 35.5. The number of aryl methyl sites for hydroxylation is 1. The number of hydrogen-bond acceptors (Lipinski definition) is 5. The third kappa shape index (κ3) is 5.88. The average Bonchev–Trinajstić information content (AvgIpc) is 3.28. The van der Waals surface area contributed by atoms with Crippen molar-refractivity contribution in [3.63, 3.8) is 0 Å². The van der Waals surface area contributed by atoms with Gasteiger partial charge in [-0.25, -0.2) is 5.43 Å². The Morgan fingerprint density at radius 1 is 1.06 bits per heavy atom. The summed E-state index contributed by atoms with van der Waals surface area (Å²) in [7, 11) is 0. The SMILES string of the molecule is CCc1cccc(C=NNC(=O)CSc2nnc(-c3ccc(Cl)cc3)n2-c2ccccc2)c1. The van der Waals surface area contributed by atoms with Gasteiger partial charge in [0.25, 0.3) is 5.91 Å². The number of rotatable bonds is 8. The molecule has 0 saturated heterocycles. The Kier molecular flexibility index (Phi) is 7.55. The fraction of sp³-hybridized carbons (Fsp3) is 0.120. The molecular weight excluding hydrogens is 454 g/mol. The number of amides is 1. The van der Waals surface area contributed by atoms with E-state index in [0.29, 0.717) is 16.0 Å². The summed E-state index contributed by atoms with van der Waals surface area (Å²) < 4.78 is 1.93. The monoisotopic (exact) mass is 475 g/mol. The molecule has 4 rings (SSSR count). The topological polar surface area (TPSA) is 72.2 Å². The van der Waals surface area contributed by atoms with E-state index in [1.54, 1.807) is 6.21 Å². The third-order valence-corrected chi connectivity index (χ3v) is 6.03. The summed E-state index contributed by atoms with van der Waals surface area (Å²) in [5.41, 5.74) is 6.53. The molecule has 0 aliphatic heterocycles. The van der Waals surface area contributed by atoms with Gasteiger partial charge in [0.15, 0.2) is 11.0 Å². The molecule has 1 heterocycles. The predicted molar refractivity (Wildman–Crippen MR) is 134 cm³/mol. The van der Waals surface area contributed by atoms with Gasteiger partial charge in [-0.1, -0.05) is 72.8 Å². The zero-order chi connectivity index (χ0) is 23.0. The number of carbonyl (C=O) groups excluding carboxylic acids is 1. The van der Waals surface area contributed by atoms with Gasteiger partial charge in [0.1, 0.15) is 0 Å². The van der Waals surface area contributed by atoms with Crippen LogP contribution in [-0.4, -0.2) is 32.6 Å². The Hall–Kier alpha value is -3.42. The lowest BCUT2D eigenvalue weighted by atomic mass is 10.1. The zero-order valence-electron chi connectivity index (χ0n) is 18.0. The first kappa shape index (κ1) is 22.8. The Bertz CT molecular complexity index is 1260. The summed E-state index contributed by atoms with van der Waals surface area (Å²) in [5, 5.41) is 14.1. The van der Waals surface area contributed by atoms with Crippen molar-refractivity contribution in [1.29, 1.82) is 0 Å². The predicted octanol–water partition coefficient (Wildman–Crippen LogP) is 5.39. The zero-order valence-corrected chi connectivity index (χ0v) is 19.6. The largest absolute Gasteiger partial charge is 0.272 e. The molecule has 33 heavy (non-hydrogen) atoms. The Labute approximate surface area is 201 Å². The van der Waals surface area contributed by atoms with Gasteiger partial charge in [0.05, 0.1) is 12.0 Å². The molecule has 4 aromatic rings. The number of aromatic nitrogens is 3. The van der Waals surface area contributed by atoms with E-state index in [-0.39, 0.29) is 11.7 Å². The molecule has 0 aliphatic carbocycles. The summed E-state index contributed by atoms with van der Waals surface area (Å²) in [4.78, 5) is 12.4. The van der Waals surface area contributed by atoms with Crippen LogP contribution in [0.1, 0.15) is 18.1 Å². The smallest absolute Gasteiger partial charge is 0.250 e. The van der Waals surface area contributed by atoms with Gasteiger partial charge >= 0.3 is 0 Å². The van der Waals surface area contributed by atoms with Gasteiger partial charge in [-0.2, -0.15) is 5.10 Å². The maximum Gasteiger partial charge on any atom is 0.250 e. The van der Waals surface area contributed by atoms with Gasteiger partial charge in [-0.05, 0) is 53.9 Å². The normalized spacial score (nSPS) is 11.1. The van der Waals surface area contributed by atoms with Crippen LogP contribution in [-0.2, 0) is 11.2 Å². The second-order valence-electron chi connectivity index (χ2n) is 7.16. The van der Waals surface area contributed by atoms with Crippen LogP contribution in [0.5, 0.6) is 0 Å². The molecule has 1 aromatic heterocycles. The molecule has 166 valence electrons. The number of hydrazone groups is 1. The van der Waals surface area contributed by atoms with E-state index >= 15 is 0 Å². The highest BCUT2D eigenvalue weighted by Crippen LogP contribution is 2.28. The van der Waals surface area contributed by atoms with Crippen molar-refractivity contribution in [3.05, 3.63) is 95.0 Å². The summed E-state index contributed by atoms with van der Waals surface area (Å²) >= 11 is 7.34. The highest BCUT2D eigenvalue weighted by Gasteiger charge is 2.17. The molecule has 0 bridgehead atoms. The van der Waals surface area contributed by atoms with Crippen molar-refractivity contribution >= 4 is 35.5 Å². The quantitative estimate of drug-likeness (QED) is 0.210. The molecule has 8 heteroatoms. The molecular formula is C25H22ClN5OS. The first-order valence-electron chi connectivity index (χ1n) is 10.4. The lowest BCUT2D eigenvalue weighted by molar-refractivity contribution is -0.118. The molecule has 0 radical (unpaired) electrons. The molecule has 1 amide bonds. The van der Waals surface area contributed by atoms with E-state index in [1.807, 2.05) is 77.4 Å². The highest BCUT2D eigenvalue weighted by molar-refractivity contribution is 7.99. The number of nitrogens with zero attached hydrogens (tertiary/aromatic N) is 4. The fourth-order valence-electron chi connectivity index (χ4n) is 3.19. The lowest BCUT2D eigenvalue weighted by Gasteiger charge is -2.10. The van der Waals surface area contributed by atoms with Gasteiger partial charge in [-0.15, -0.1) is 10.2 Å². The molecule has 0 aliphatic rings. The average molecular weight is 476 g/mol. The van der Waals surface area contributed by atoms with Crippen molar-refractivity contribution in [2.45, 2.75) is 18.5 Å². The first-order chi connectivity index (χ1) is 16.1. The molecule has 0 unspecified atom stereocenters. The van der Waals surface area contributed by atoms with Crippen LogP contribution >= 0.6 is 23.4 Å². The number of benzene rings is 3. The molecule has 1 N–H and O–H groups in total. The minimum absolute atomic E-state index is 0.151. The van der Waals surface area contributed by atoms with Crippen molar-refractivity contribution < 1.29 is 4.79 Å². The summed E-state index contributed by atoms with van der Waals surface area (Å²) in [5.74, 6) is 0.603. The van der Waals surface area contributed by atoms with Crippen LogP contribution in [0, 0.1) is 0 Å². The van der Waals surface area contributed by atoms with Gasteiger partial charge in [-0.3, -0.25) is 9.36 Å². The Morgan fingerprint density at radius 3 is 2.61 bits per heavy atom. The van der Waals surface area contributed by atoms with Crippen LogP contribution in [0.25, 0.3) is 17.1 Å². The minimum atomic E-state index is -0.224. The molecule has 0 spiro atoms. The van der Waals surface area contributed by atoms with Crippen LogP contribution in [0.2, 0.25) is 5.02 Å². The number of para-hydroxylation sites is 1. The molecule has 0 fully saturated rings.